The number of nitrogens with zero attached hydrogens (tertiary/aromatic N) is 1. The minimum atomic E-state index is 0. The van der Waals surface area contributed by atoms with Crippen LogP contribution in [0.4, 0.5) is 0 Å². The normalized spacial score (nSPS) is 30.1. The number of carbonyl (C=O) groups is 1. The van der Waals surface area contributed by atoms with Crippen molar-refractivity contribution in [1.82, 2.24) is 10.2 Å². The first-order valence-electron chi connectivity index (χ1n) is 6.98. The Morgan fingerprint density at radius 1 is 1.21 bits per heavy atom. The molecule has 1 N–H and O–H groups in total. The molecule has 3 nitrogen and oxygen atoms in total. The highest BCUT2D eigenvalue weighted by Gasteiger charge is 2.39. The first-order chi connectivity index (χ1) is 8.79. The molecule has 1 unspecified atom stereocenters. The zero-order chi connectivity index (χ0) is 12.4. The van der Waals surface area contributed by atoms with E-state index < -0.39 is 0 Å². The van der Waals surface area contributed by atoms with Crippen molar-refractivity contribution in [3.05, 3.63) is 0 Å². The molecule has 3 aliphatic rings. The summed E-state index contributed by atoms with van der Waals surface area (Å²) in [6.45, 7) is 4.32. The van der Waals surface area contributed by atoms with Gasteiger partial charge in [-0.2, -0.15) is 11.8 Å². The molecule has 3 fully saturated rings. The van der Waals surface area contributed by atoms with Gasteiger partial charge in [-0.15, -0.1) is 24.2 Å². The maximum Gasteiger partial charge on any atom is 0.236 e. The Labute approximate surface area is 130 Å². The SMILES string of the molecule is Cl.O=C(C1CSCCS1)N1CCC2(CCNC2)CC1. The summed E-state index contributed by atoms with van der Waals surface area (Å²) in [4.78, 5) is 14.6. The van der Waals surface area contributed by atoms with Gasteiger partial charge >= 0.3 is 0 Å². The van der Waals surface area contributed by atoms with Gasteiger partial charge in [0.15, 0.2) is 0 Å². The van der Waals surface area contributed by atoms with Gasteiger partial charge < -0.3 is 10.2 Å². The van der Waals surface area contributed by atoms with Gasteiger partial charge in [-0.3, -0.25) is 4.79 Å². The molecule has 1 spiro atoms. The third-order valence-corrected chi connectivity index (χ3v) is 7.30. The molecule has 6 heteroatoms. The fraction of sp³-hybridized carbons (Fsp3) is 0.923. The van der Waals surface area contributed by atoms with Crippen molar-refractivity contribution < 1.29 is 4.79 Å². The van der Waals surface area contributed by atoms with Crippen LogP contribution in [0.3, 0.4) is 0 Å². The van der Waals surface area contributed by atoms with Gasteiger partial charge in [-0.05, 0) is 31.2 Å². The van der Waals surface area contributed by atoms with Gasteiger partial charge in [0.05, 0.1) is 5.25 Å². The van der Waals surface area contributed by atoms with Crippen LogP contribution in [-0.4, -0.2) is 59.5 Å². The van der Waals surface area contributed by atoms with Crippen molar-refractivity contribution in [3.8, 4) is 0 Å². The molecule has 110 valence electrons. The van der Waals surface area contributed by atoms with Crippen LogP contribution in [0.1, 0.15) is 19.3 Å². The molecule has 19 heavy (non-hydrogen) atoms. The number of hydrogen-bond acceptors (Lipinski definition) is 4. The van der Waals surface area contributed by atoms with Crippen molar-refractivity contribution in [2.24, 2.45) is 5.41 Å². The van der Waals surface area contributed by atoms with E-state index in [2.05, 4.69) is 10.2 Å². The Balaban J connectivity index is 0.00000133. The Hall–Kier alpha value is 0.420. The van der Waals surface area contributed by atoms with Gasteiger partial charge in [-0.1, -0.05) is 0 Å². The lowest BCUT2D eigenvalue weighted by Gasteiger charge is -2.40. The molecule has 0 aromatic carbocycles. The van der Waals surface area contributed by atoms with Crippen LogP contribution in [0.2, 0.25) is 0 Å². The Bertz CT molecular complexity index is 308. The number of thioether (sulfide) groups is 2. The fourth-order valence-electron chi connectivity index (χ4n) is 3.26. The highest BCUT2D eigenvalue weighted by molar-refractivity contribution is 8.07. The van der Waals surface area contributed by atoms with Crippen molar-refractivity contribution >= 4 is 41.8 Å². The molecule has 3 heterocycles. The van der Waals surface area contributed by atoms with Gasteiger partial charge in [0.2, 0.25) is 5.91 Å². The van der Waals surface area contributed by atoms with Crippen molar-refractivity contribution in [1.29, 1.82) is 0 Å². The third kappa shape index (κ3) is 3.55. The third-order valence-electron chi connectivity index (χ3n) is 4.56. The Morgan fingerprint density at radius 2 is 2.00 bits per heavy atom. The van der Waals surface area contributed by atoms with Gasteiger partial charge in [0.25, 0.3) is 0 Å². The van der Waals surface area contributed by atoms with Crippen LogP contribution in [0.25, 0.3) is 0 Å². The lowest BCUT2D eigenvalue weighted by Crippen LogP contribution is -2.47. The van der Waals surface area contributed by atoms with E-state index in [1.165, 1.54) is 38.1 Å². The molecule has 1 atom stereocenters. The highest BCUT2D eigenvalue weighted by Crippen LogP contribution is 2.37. The van der Waals surface area contributed by atoms with Crippen LogP contribution < -0.4 is 5.32 Å². The van der Waals surface area contributed by atoms with E-state index in [1.54, 1.807) is 0 Å². The van der Waals surface area contributed by atoms with E-state index in [-0.39, 0.29) is 17.7 Å². The van der Waals surface area contributed by atoms with Gasteiger partial charge in [0, 0.05) is 36.9 Å². The lowest BCUT2D eigenvalue weighted by atomic mass is 9.78. The first-order valence-corrected chi connectivity index (χ1v) is 9.18. The molecule has 0 saturated carbocycles. The average Bonchev–Trinajstić information content (AvgIpc) is 2.88. The largest absolute Gasteiger partial charge is 0.342 e. The van der Waals surface area contributed by atoms with E-state index in [4.69, 9.17) is 0 Å². The van der Waals surface area contributed by atoms with Crippen molar-refractivity contribution in [3.63, 3.8) is 0 Å². The summed E-state index contributed by atoms with van der Waals surface area (Å²) >= 11 is 3.80. The summed E-state index contributed by atoms with van der Waals surface area (Å²) in [6.07, 6.45) is 3.72. The summed E-state index contributed by atoms with van der Waals surface area (Å²) < 4.78 is 0. The predicted molar refractivity (Wildman–Crippen MR) is 86.6 cm³/mol. The van der Waals surface area contributed by atoms with Crippen molar-refractivity contribution in [2.75, 3.05) is 43.4 Å². The number of rotatable bonds is 1. The average molecular weight is 323 g/mol. The predicted octanol–water partition coefficient (Wildman–Crippen LogP) is 1.86. The van der Waals surface area contributed by atoms with Crippen LogP contribution in [-0.2, 0) is 4.79 Å². The molecule has 0 aromatic rings. The monoisotopic (exact) mass is 322 g/mol. The second-order valence-electron chi connectivity index (χ2n) is 5.69. The maximum absolute atomic E-state index is 12.4. The Morgan fingerprint density at radius 3 is 2.58 bits per heavy atom. The molecule has 0 bridgehead atoms. The number of amides is 1. The topological polar surface area (TPSA) is 32.3 Å². The van der Waals surface area contributed by atoms with Gasteiger partial charge in [0.1, 0.15) is 0 Å². The number of nitrogens with one attached hydrogen (secondary N) is 1. The molecule has 0 aromatic heterocycles. The first kappa shape index (κ1) is 15.8. The summed E-state index contributed by atoms with van der Waals surface area (Å²) in [7, 11) is 0. The molecular weight excluding hydrogens is 300 g/mol. The van der Waals surface area contributed by atoms with E-state index >= 15 is 0 Å². The van der Waals surface area contributed by atoms with E-state index in [9.17, 15) is 4.79 Å². The zero-order valence-electron chi connectivity index (χ0n) is 11.2. The minimum Gasteiger partial charge on any atom is -0.342 e. The second-order valence-corrected chi connectivity index (χ2v) is 8.15. The fourth-order valence-corrected chi connectivity index (χ4v) is 5.89. The quantitative estimate of drug-likeness (QED) is 0.798. The minimum absolute atomic E-state index is 0. The second kappa shape index (κ2) is 6.92. The van der Waals surface area contributed by atoms with Crippen LogP contribution >= 0.6 is 35.9 Å². The molecular formula is C13H23ClN2OS2. The van der Waals surface area contributed by atoms with Crippen LogP contribution in [0.15, 0.2) is 0 Å². The van der Waals surface area contributed by atoms with Crippen LogP contribution in [0, 0.1) is 5.41 Å². The molecule has 3 saturated heterocycles. The summed E-state index contributed by atoms with van der Waals surface area (Å²) in [6, 6.07) is 0. The standard InChI is InChI=1S/C13H22N2OS2.ClH/c16-12(11-9-17-7-8-18-11)15-5-2-13(3-6-15)1-4-14-10-13;/h11,14H,1-10H2;1H. The van der Waals surface area contributed by atoms with E-state index in [0.717, 1.165) is 24.6 Å². The lowest BCUT2D eigenvalue weighted by molar-refractivity contribution is -0.132. The number of likely N-dealkylation sites (tertiary alicyclic amines) is 1. The van der Waals surface area contributed by atoms with Crippen LogP contribution in [0.5, 0.6) is 0 Å². The highest BCUT2D eigenvalue weighted by atomic mass is 35.5. The van der Waals surface area contributed by atoms with Gasteiger partial charge in [-0.25, -0.2) is 0 Å². The number of halogens is 1. The molecule has 0 aliphatic carbocycles. The summed E-state index contributed by atoms with van der Waals surface area (Å²) in [5.74, 6) is 3.78. The van der Waals surface area contributed by atoms with E-state index in [1.807, 2.05) is 23.5 Å². The molecule has 3 rings (SSSR count). The van der Waals surface area contributed by atoms with E-state index in [0.29, 0.717) is 11.3 Å². The summed E-state index contributed by atoms with van der Waals surface area (Å²) in [5.41, 5.74) is 0.519. The Kier molecular flexibility index (Phi) is 5.76. The smallest absolute Gasteiger partial charge is 0.236 e. The summed E-state index contributed by atoms with van der Waals surface area (Å²) in [5, 5.41) is 3.71. The number of carbonyl (C=O) groups excluding carboxylic acids is 1. The number of hydrogen-bond donors (Lipinski definition) is 1. The molecule has 3 aliphatic heterocycles. The maximum atomic E-state index is 12.4. The molecule has 0 radical (unpaired) electrons. The number of piperidine rings is 1. The zero-order valence-corrected chi connectivity index (χ0v) is 13.7. The molecule has 1 amide bonds. The van der Waals surface area contributed by atoms with Crippen molar-refractivity contribution in [2.45, 2.75) is 24.5 Å².